The van der Waals surface area contributed by atoms with Gasteiger partial charge in [0, 0.05) is 26.1 Å². The molecule has 1 aliphatic rings. The summed E-state index contributed by atoms with van der Waals surface area (Å²) in [6.45, 7) is 4.83. The first-order valence-corrected chi connectivity index (χ1v) is 8.86. The molecule has 0 atom stereocenters. The van der Waals surface area contributed by atoms with E-state index in [-0.39, 0.29) is 17.4 Å². The van der Waals surface area contributed by atoms with Gasteiger partial charge in [-0.3, -0.25) is 9.47 Å². The van der Waals surface area contributed by atoms with Crippen LogP contribution in [0.15, 0.2) is 16.9 Å². The van der Waals surface area contributed by atoms with Crippen LogP contribution < -0.4 is 10.4 Å². The molecule has 0 radical (unpaired) electrons. The summed E-state index contributed by atoms with van der Waals surface area (Å²) in [5.41, 5.74) is 0.690. The zero-order valence-electron chi connectivity index (χ0n) is 15.4. The molecule has 1 aromatic carbocycles. The number of methoxy groups -OCH3 is 1. The Hall–Kier alpha value is -2.35. The van der Waals surface area contributed by atoms with Gasteiger partial charge in [-0.05, 0) is 50.6 Å². The second-order valence-corrected chi connectivity index (χ2v) is 6.69. The lowest BCUT2D eigenvalue weighted by molar-refractivity contribution is 0.199. The molecule has 1 aromatic heterocycles. The van der Waals surface area contributed by atoms with Gasteiger partial charge in [-0.2, -0.15) is 5.10 Å². The number of phenols is 1. The average molecular weight is 364 g/mol. The van der Waals surface area contributed by atoms with E-state index in [1.165, 1.54) is 17.9 Å². The first-order chi connectivity index (χ1) is 12.4. The lowest BCUT2D eigenvalue weighted by Crippen LogP contribution is -2.33. The highest BCUT2D eigenvalue weighted by molar-refractivity contribution is 5.43. The highest BCUT2D eigenvalue weighted by Crippen LogP contribution is 2.32. The molecule has 1 aliphatic heterocycles. The molecular weight excluding hydrogens is 339 g/mol. The number of piperidine rings is 1. The van der Waals surface area contributed by atoms with Crippen molar-refractivity contribution in [2.24, 2.45) is 7.05 Å². The maximum Gasteiger partial charge on any atom is 0.345 e. The van der Waals surface area contributed by atoms with E-state index in [9.17, 15) is 14.3 Å². The molecule has 1 N–H and O–H groups in total. The fourth-order valence-corrected chi connectivity index (χ4v) is 3.60. The number of benzene rings is 1. The van der Waals surface area contributed by atoms with Crippen LogP contribution in [0.5, 0.6) is 11.5 Å². The molecule has 0 bridgehead atoms. The standard InChI is InChI=1S/C18H25FN4O3/c1-4-23-17(20-21(2)18(23)25)13-5-7-22(8-6-13)11-12-9-14(19)16(24)15(10-12)26-3/h9-10,13,24H,4-8,11H2,1-3H3. The van der Waals surface area contributed by atoms with Gasteiger partial charge in [0.2, 0.25) is 0 Å². The number of hydrogen-bond donors (Lipinski definition) is 1. The van der Waals surface area contributed by atoms with Crippen molar-refractivity contribution in [2.75, 3.05) is 20.2 Å². The third-order valence-corrected chi connectivity index (χ3v) is 5.02. The third-order valence-electron chi connectivity index (χ3n) is 5.02. The number of hydrogen-bond acceptors (Lipinski definition) is 5. The normalized spacial score (nSPS) is 16.2. The highest BCUT2D eigenvalue weighted by atomic mass is 19.1. The third kappa shape index (κ3) is 3.46. The predicted molar refractivity (Wildman–Crippen MR) is 95.0 cm³/mol. The molecule has 1 fully saturated rings. The summed E-state index contributed by atoms with van der Waals surface area (Å²) in [6.07, 6.45) is 1.79. The van der Waals surface area contributed by atoms with Crippen LogP contribution in [-0.2, 0) is 20.1 Å². The Morgan fingerprint density at radius 1 is 1.35 bits per heavy atom. The topological polar surface area (TPSA) is 72.5 Å². The number of likely N-dealkylation sites (tertiary alicyclic amines) is 1. The van der Waals surface area contributed by atoms with Crippen molar-refractivity contribution in [3.8, 4) is 11.5 Å². The largest absolute Gasteiger partial charge is 0.502 e. The van der Waals surface area contributed by atoms with Gasteiger partial charge < -0.3 is 9.84 Å². The van der Waals surface area contributed by atoms with E-state index in [1.54, 1.807) is 17.7 Å². The van der Waals surface area contributed by atoms with Gasteiger partial charge >= 0.3 is 5.69 Å². The smallest absolute Gasteiger partial charge is 0.345 e. The summed E-state index contributed by atoms with van der Waals surface area (Å²) >= 11 is 0. The van der Waals surface area contributed by atoms with Crippen molar-refractivity contribution in [1.29, 1.82) is 0 Å². The van der Waals surface area contributed by atoms with Crippen molar-refractivity contribution in [1.82, 2.24) is 19.2 Å². The number of halogens is 1. The van der Waals surface area contributed by atoms with Crippen LogP contribution >= 0.6 is 0 Å². The van der Waals surface area contributed by atoms with Gasteiger partial charge in [-0.1, -0.05) is 0 Å². The molecule has 0 amide bonds. The van der Waals surface area contributed by atoms with Gasteiger partial charge in [0.05, 0.1) is 7.11 Å². The van der Waals surface area contributed by atoms with Crippen molar-refractivity contribution < 1.29 is 14.2 Å². The monoisotopic (exact) mass is 364 g/mol. The SMILES string of the molecule is CCn1c(C2CCN(Cc3cc(F)c(O)c(OC)c3)CC2)nn(C)c1=O. The number of ether oxygens (including phenoxy) is 1. The molecule has 2 heterocycles. The fraction of sp³-hybridized carbons (Fsp3) is 0.556. The summed E-state index contributed by atoms with van der Waals surface area (Å²) < 4.78 is 22.0. The molecule has 8 heteroatoms. The van der Waals surface area contributed by atoms with Crippen LogP contribution in [0, 0.1) is 5.82 Å². The minimum absolute atomic E-state index is 0.0726. The first-order valence-electron chi connectivity index (χ1n) is 8.86. The van der Waals surface area contributed by atoms with E-state index in [0.717, 1.165) is 37.3 Å². The molecule has 0 unspecified atom stereocenters. The van der Waals surface area contributed by atoms with Gasteiger partial charge in [0.15, 0.2) is 17.3 Å². The highest BCUT2D eigenvalue weighted by Gasteiger charge is 2.26. The Balaban J connectivity index is 1.67. The summed E-state index contributed by atoms with van der Waals surface area (Å²) in [5.74, 6) is 0.135. The Morgan fingerprint density at radius 2 is 2.04 bits per heavy atom. The first kappa shape index (κ1) is 18.4. The maximum atomic E-state index is 13.8. The lowest BCUT2D eigenvalue weighted by atomic mass is 9.95. The van der Waals surface area contributed by atoms with Crippen molar-refractivity contribution >= 4 is 0 Å². The van der Waals surface area contributed by atoms with Crippen LogP contribution in [0.2, 0.25) is 0 Å². The predicted octanol–water partition coefficient (Wildman–Crippen LogP) is 1.83. The molecule has 26 heavy (non-hydrogen) atoms. The minimum Gasteiger partial charge on any atom is -0.502 e. The van der Waals surface area contributed by atoms with Gasteiger partial charge in [0.25, 0.3) is 0 Å². The lowest BCUT2D eigenvalue weighted by Gasteiger charge is -2.31. The number of nitrogens with zero attached hydrogens (tertiary/aromatic N) is 4. The molecule has 3 rings (SSSR count). The van der Waals surface area contributed by atoms with Crippen molar-refractivity contribution in [2.45, 2.75) is 38.8 Å². The van der Waals surface area contributed by atoms with E-state index in [2.05, 4.69) is 10.00 Å². The average Bonchev–Trinajstić information content (AvgIpc) is 2.93. The van der Waals surface area contributed by atoms with Gasteiger partial charge in [-0.15, -0.1) is 0 Å². The number of aromatic nitrogens is 3. The molecule has 1 saturated heterocycles. The Kier molecular flexibility index (Phi) is 5.31. The number of rotatable bonds is 5. The Labute approximate surface area is 151 Å². The van der Waals surface area contributed by atoms with Crippen LogP contribution in [0.25, 0.3) is 0 Å². The molecule has 0 spiro atoms. The summed E-state index contributed by atoms with van der Waals surface area (Å²) in [7, 11) is 3.09. The van der Waals surface area contributed by atoms with Gasteiger partial charge in [0.1, 0.15) is 5.82 Å². The van der Waals surface area contributed by atoms with Crippen molar-refractivity contribution in [3.63, 3.8) is 0 Å². The molecule has 0 saturated carbocycles. The number of aryl methyl sites for hydroxylation is 1. The molecule has 0 aliphatic carbocycles. The summed E-state index contributed by atoms with van der Waals surface area (Å²) in [6, 6.07) is 3.01. The maximum absolute atomic E-state index is 13.8. The van der Waals surface area contributed by atoms with E-state index >= 15 is 0 Å². The Morgan fingerprint density at radius 3 is 2.65 bits per heavy atom. The zero-order valence-corrected chi connectivity index (χ0v) is 15.4. The van der Waals surface area contributed by atoms with Crippen LogP contribution in [0.1, 0.15) is 37.1 Å². The van der Waals surface area contributed by atoms with Crippen LogP contribution in [-0.4, -0.2) is 44.6 Å². The molecule has 2 aromatic rings. The second kappa shape index (κ2) is 7.49. The van der Waals surface area contributed by atoms with Crippen molar-refractivity contribution in [3.05, 3.63) is 39.8 Å². The number of aromatic hydroxyl groups is 1. The second-order valence-electron chi connectivity index (χ2n) is 6.69. The fourth-order valence-electron chi connectivity index (χ4n) is 3.60. The van der Waals surface area contributed by atoms with E-state index in [1.807, 2.05) is 6.92 Å². The molecule has 7 nitrogen and oxygen atoms in total. The number of phenolic OH excluding ortho intramolecular Hbond substituents is 1. The van der Waals surface area contributed by atoms with E-state index in [4.69, 9.17) is 4.74 Å². The van der Waals surface area contributed by atoms with E-state index < -0.39 is 11.6 Å². The van der Waals surface area contributed by atoms with Gasteiger partial charge in [-0.25, -0.2) is 13.9 Å². The molecule has 142 valence electrons. The molecular formula is C18H25FN4O3. The summed E-state index contributed by atoms with van der Waals surface area (Å²) in [5, 5.41) is 14.0. The summed E-state index contributed by atoms with van der Waals surface area (Å²) in [4.78, 5) is 14.3. The van der Waals surface area contributed by atoms with Crippen LogP contribution in [0.3, 0.4) is 0 Å². The van der Waals surface area contributed by atoms with Crippen LogP contribution in [0.4, 0.5) is 4.39 Å². The zero-order chi connectivity index (χ0) is 18.8. The quantitative estimate of drug-likeness (QED) is 0.876. The van der Waals surface area contributed by atoms with E-state index in [0.29, 0.717) is 13.1 Å². The minimum atomic E-state index is -0.672. The Bertz CT molecular complexity index is 838.